The second kappa shape index (κ2) is 8.66. The summed E-state index contributed by atoms with van der Waals surface area (Å²) in [5.74, 6) is 0.633. The first-order valence-corrected chi connectivity index (χ1v) is 10.0. The SMILES string of the molecule is COc1ccc(F)cc1CN1CCN(C(=O)CCc2c[nH]c3ccccc23)CC1. The molecule has 0 spiro atoms. The van der Waals surface area contributed by atoms with Gasteiger partial charge in [-0.25, -0.2) is 4.39 Å². The Morgan fingerprint density at radius 3 is 2.69 bits per heavy atom. The van der Waals surface area contributed by atoms with Crippen LogP contribution in [0.15, 0.2) is 48.7 Å². The predicted molar refractivity (Wildman–Crippen MR) is 111 cm³/mol. The van der Waals surface area contributed by atoms with Gasteiger partial charge in [-0.15, -0.1) is 0 Å². The highest BCUT2D eigenvalue weighted by molar-refractivity contribution is 5.84. The molecule has 5 nitrogen and oxygen atoms in total. The lowest BCUT2D eigenvalue weighted by Crippen LogP contribution is -2.48. The second-order valence-corrected chi connectivity index (χ2v) is 7.47. The van der Waals surface area contributed by atoms with Crippen LogP contribution in [0.3, 0.4) is 0 Å². The van der Waals surface area contributed by atoms with Crippen molar-refractivity contribution >= 4 is 16.8 Å². The fraction of sp³-hybridized carbons (Fsp3) is 0.348. The summed E-state index contributed by atoms with van der Waals surface area (Å²) in [5.41, 5.74) is 3.13. The van der Waals surface area contributed by atoms with Gasteiger partial charge >= 0.3 is 0 Å². The van der Waals surface area contributed by atoms with E-state index in [1.807, 2.05) is 29.3 Å². The van der Waals surface area contributed by atoms with E-state index >= 15 is 0 Å². The van der Waals surface area contributed by atoms with Gasteiger partial charge in [0.1, 0.15) is 11.6 Å². The summed E-state index contributed by atoms with van der Waals surface area (Å²) < 4.78 is 18.9. The van der Waals surface area contributed by atoms with Crippen LogP contribution in [0.4, 0.5) is 4.39 Å². The number of H-pyrrole nitrogens is 1. The van der Waals surface area contributed by atoms with Gasteiger partial charge < -0.3 is 14.6 Å². The number of nitrogens with zero attached hydrogens (tertiary/aromatic N) is 2. The molecule has 1 amide bonds. The number of halogens is 1. The van der Waals surface area contributed by atoms with Gasteiger partial charge in [0.05, 0.1) is 7.11 Å². The molecule has 4 rings (SSSR count). The number of rotatable bonds is 6. The van der Waals surface area contributed by atoms with Crippen LogP contribution in [0.25, 0.3) is 10.9 Å². The number of aromatic amines is 1. The maximum Gasteiger partial charge on any atom is 0.222 e. The van der Waals surface area contributed by atoms with Crippen LogP contribution in [0.1, 0.15) is 17.5 Å². The van der Waals surface area contributed by atoms with Crippen LogP contribution in [0.2, 0.25) is 0 Å². The van der Waals surface area contributed by atoms with Crippen molar-refractivity contribution in [1.82, 2.24) is 14.8 Å². The van der Waals surface area contributed by atoms with Crippen LogP contribution in [-0.4, -0.2) is 54.0 Å². The fourth-order valence-electron chi connectivity index (χ4n) is 4.01. The van der Waals surface area contributed by atoms with E-state index in [9.17, 15) is 9.18 Å². The number of piperazine rings is 1. The van der Waals surface area contributed by atoms with Crippen molar-refractivity contribution in [3.8, 4) is 5.75 Å². The maximum atomic E-state index is 13.6. The molecule has 1 aliphatic rings. The van der Waals surface area contributed by atoms with E-state index < -0.39 is 0 Å². The summed E-state index contributed by atoms with van der Waals surface area (Å²) in [7, 11) is 1.60. The summed E-state index contributed by atoms with van der Waals surface area (Å²) in [4.78, 5) is 20.1. The Kier molecular flexibility index (Phi) is 5.81. The molecule has 2 heterocycles. The van der Waals surface area contributed by atoms with E-state index in [4.69, 9.17) is 4.74 Å². The Hall–Kier alpha value is -2.86. The molecular formula is C23H26FN3O2. The molecule has 6 heteroatoms. The normalized spacial score (nSPS) is 15.0. The zero-order chi connectivity index (χ0) is 20.2. The van der Waals surface area contributed by atoms with E-state index in [2.05, 4.69) is 16.0 Å². The minimum absolute atomic E-state index is 0.193. The minimum Gasteiger partial charge on any atom is -0.496 e. The van der Waals surface area contributed by atoms with Gasteiger partial charge in [0.15, 0.2) is 0 Å². The number of amides is 1. The molecule has 1 saturated heterocycles. The quantitative estimate of drug-likeness (QED) is 0.694. The highest BCUT2D eigenvalue weighted by atomic mass is 19.1. The topological polar surface area (TPSA) is 48.6 Å². The van der Waals surface area contributed by atoms with Gasteiger partial charge in [-0.3, -0.25) is 9.69 Å². The Balaban J connectivity index is 1.29. The molecule has 2 aromatic carbocycles. The first-order chi connectivity index (χ1) is 14.1. The van der Waals surface area contributed by atoms with Crippen LogP contribution >= 0.6 is 0 Å². The number of benzene rings is 2. The average molecular weight is 395 g/mol. The molecule has 0 unspecified atom stereocenters. The van der Waals surface area contributed by atoms with Gasteiger partial charge in [0, 0.05) is 61.8 Å². The molecule has 1 aromatic heterocycles. The zero-order valence-corrected chi connectivity index (χ0v) is 16.7. The van der Waals surface area contributed by atoms with Gasteiger partial charge in [-0.1, -0.05) is 18.2 Å². The highest BCUT2D eigenvalue weighted by Crippen LogP contribution is 2.22. The number of hydrogen-bond acceptors (Lipinski definition) is 3. The third kappa shape index (κ3) is 4.43. The first-order valence-electron chi connectivity index (χ1n) is 10.0. The van der Waals surface area contributed by atoms with Gasteiger partial charge in [0.2, 0.25) is 5.91 Å². The molecule has 0 radical (unpaired) electrons. The molecule has 0 aliphatic carbocycles. The number of nitrogens with one attached hydrogen (secondary N) is 1. The summed E-state index contributed by atoms with van der Waals surface area (Å²) >= 11 is 0. The summed E-state index contributed by atoms with van der Waals surface area (Å²) in [6.45, 7) is 3.57. The Labute approximate surface area is 170 Å². The average Bonchev–Trinajstić information content (AvgIpc) is 3.16. The van der Waals surface area contributed by atoms with E-state index in [1.165, 1.54) is 23.1 Å². The van der Waals surface area contributed by atoms with E-state index in [0.717, 1.165) is 30.6 Å². The lowest BCUT2D eigenvalue weighted by molar-refractivity contribution is -0.133. The van der Waals surface area contributed by atoms with Crippen molar-refractivity contribution in [2.45, 2.75) is 19.4 Å². The summed E-state index contributed by atoms with van der Waals surface area (Å²) in [5, 5.41) is 1.19. The third-order valence-corrected chi connectivity index (χ3v) is 5.64. The van der Waals surface area contributed by atoms with Crippen LogP contribution < -0.4 is 4.74 Å². The Morgan fingerprint density at radius 2 is 1.90 bits per heavy atom. The largest absolute Gasteiger partial charge is 0.496 e. The lowest BCUT2D eigenvalue weighted by Gasteiger charge is -2.35. The minimum atomic E-state index is -0.258. The van der Waals surface area contributed by atoms with Gasteiger partial charge in [-0.2, -0.15) is 0 Å². The number of hydrogen-bond donors (Lipinski definition) is 1. The molecule has 0 saturated carbocycles. The van der Waals surface area contributed by atoms with Crippen molar-refractivity contribution in [3.05, 3.63) is 65.6 Å². The lowest BCUT2D eigenvalue weighted by atomic mass is 10.1. The molecule has 1 fully saturated rings. The molecule has 0 bridgehead atoms. The third-order valence-electron chi connectivity index (χ3n) is 5.64. The van der Waals surface area contributed by atoms with Crippen LogP contribution in [0.5, 0.6) is 5.75 Å². The Bertz CT molecular complexity index is 993. The van der Waals surface area contributed by atoms with E-state index in [0.29, 0.717) is 31.8 Å². The van der Waals surface area contributed by atoms with Crippen molar-refractivity contribution < 1.29 is 13.9 Å². The number of aromatic nitrogens is 1. The molecular weight excluding hydrogens is 369 g/mol. The number of methoxy groups -OCH3 is 1. The monoisotopic (exact) mass is 395 g/mol. The standard InChI is InChI=1S/C23H26FN3O2/c1-29-22-8-7-19(24)14-18(22)16-26-10-12-27(13-11-26)23(28)9-6-17-15-25-21-5-3-2-4-20(17)21/h2-5,7-8,14-15,25H,6,9-13,16H2,1H3. The number of para-hydroxylation sites is 1. The number of carbonyl (C=O) groups excluding carboxylic acids is 1. The number of carbonyl (C=O) groups is 1. The smallest absolute Gasteiger partial charge is 0.222 e. The van der Waals surface area contributed by atoms with Gasteiger partial charge in [0.25, 0.3) is 0 Å². The molecule has 1 aliphatic heterocycles. The fourth-order valence-corrected chi connectivity index (χ4v) is 4.01. The summed E-state index contributed by atoms with van der Waals surface area (Å²) in [6, 6.07) is 12.8. The predicted octanol–water partition coefficient (Wildman–Crippen LogP) is 3.59. The summed E-state index contributed by atoms with van der Waals surface area (Å²) in [6.07, 6.45) is 3.26. The number of aryl methyl sites for hydroxylation is 1. The number of ether oxygens (including phenoxy) is 1. The number of fused-ring (bicyclic) bond motifs is 1. The highest BCUT2D eigenvalue weighted by Gasteiger charge is 2.22. The Morgan fingerprint density at radius 1 is 1.10 bits per heavy atom. The molecule has 0 atom stereocenters. The van der Waals surface area contributed by atoms with Crippen molar-refractivity contribution in [3.63, 3.8) is 0 Å². The van der Waals surface area contributed by atoms with Crippen molar-refractivity contribution in [2.24, 2.45) is 0 Å². The zero-order valence-electron chi connectivity index (χ0n) is 16.7. The first kappa shape index (κ1) is 19.5. The molecule has 29 heavy (non-hydrogen) atoms. The van der Waals surface area contributed by atoms with Crippen LogP contribution in [0, 0.1) is 5.82 Å². The van der Waals surface area contributed by atoms with Crippen LogP contribution in [-0.2, 0) is 17.8 Å². The maximum absolute atomic E-state index is 13.6. The van der Waals surface area contributed by atoms with Crippen molar-refractivity contribution in [2.75, 3.05) is 33.3 Å². The molecule has 1 N–H and O–H groups in total. The van der Waals surface area contributed by atoms with E-state index in [1.54, 1.807) is 13.2 Å². The second-order valence-electron chi connectivity index (χ2n) is 7.47. The molecule has 152 valence electrons. The van der Waals surface area contributed by atoms with E-state index in [-0.39, 0.29) is 11.7 Å². The van der Waals surface area contributed by atoms with Crippen molar-refractivity contribution in [1.29, 1.82) is 0 Å². The molecule has 3 aromatic rings. The van der Waals surface area contributed by atoms with Gasteiger partial charge in [-0.05, 0) is 36.2 Å².